The Morgan fingerprint density at radius 2 is 1.40 bits per heavy atom. The predicted octanol–water partition coefficient (Wildman–Crippen LogP) is 8.37. The van der Waals surface area contributed by atoms with Gasteiger partial charge in [-0.05, 0) is 92.3 Å². The molecule has 8 rings (SSSR count). The Kier molecular flexibility index (Phi) is 11.2. The van der Waals surface area contributed by atoms with Crippen LogP contribution in [0.5, 0.6) is 0 Å². The largest absolute Gasteiger partial charge is 0.392 e. The molecule has 4 aromatic carbocycles. The highest BCUT2D eigenvalue weighted by molar-refractivity contribution is 6.21. The monoisotopic (exact) mass is 769 g/mol. The normalized spacial score (nSPS) is 26.5. The fourth-order valence-corrected chi connectivity index (χ4v) is 9.58. The summed E-state index contributed by atoms with van der Waals surface area (Å²) in [6.07, 6.45) is 5.46. The molecule has 2 N–H and O–H groups in total. The number of hydrogen-bond acceptors (Lipinski definition) is 7. The lowest BCUT2D eigenvalue weighted by Crippen LogP contribution is -2.61. The standard InChI is InChI=1S/C48H55N3O6/c1-30-42(28-50-40-16-10-6-11-33(40)25-26-41(50)44(53)49-48(2,3)4)56-47(57-43(30)34-19-17-31(29-52)18-20-34)35-23-21-32(22-24-35)37-13-7-5-12-36(37)27-51-45(54)38-14-8-9-15-39(38)46(51)55/h5,7-9,12-15,17-24,30,33,40-43,47,52H,6,10-11,16,25-29H2,1-4H3,(H,49,53)/t30-,33-,40-,41-,42+,43+,47+/m1/s1. The van der Waals surface area contributed by atoms with Crippen LogP contribution in [-0.2, 0) is 27.4 Å². The Bertz CT molecular complexity index is 2060. The van der Waals surface area contributed by atoms with Crippen LogP contribution in [0.3, 0.4) is 0 Å². The average molecular weight is 770 g/mol. The first-order chi connectivity index (χ1) is 27.5. The van der Waals surface area contributed by atoms with Crippen molar-refractivity contribution in [3.8, 4) is 11.1 Å². The van der Waals surface area contributed by atoms with E-state index in [1.807, 2.05) is 93.6 Å². The van der Waals surface area contributed by atoms with Crippen molar-refractivity contribution in [3.63, 3.8) is 0 Å². The summed E-state index contributed by atoms with van der Waals surface area (Å²) < 4.78 is 13.8. The van der Waals surface area contributed by atoms with Gasteiger partial charge in [0.2, 0.25) is 5.91 Å². The summed E-state index contributed by atoms with van der Waals surface area (Å²) in [6.45, 7) is 9.08. The van der Waals surface area contributed by atoms with E-state index in [-0.39, 0.29) is 60.6 Å². The number of amides is 3. The molecule has 1 aliphatic carbocycles. The van der Waals surface area contributed by atoms with Crippen LogP contribution in [0.25, 0.3) is 11.1 Å². The lowest BCUT2D eigenvalue weighted by molar-refractivity contribution is -0.278. The molecule has 9 nitrogen and oxygen atoms in total. The van der Waals surface area contributed by atoms with E-state index in [1.165, 1.54) is 24.2 Å². The van der Waals surface area contributed by atoms with Gasteiger partial charge in [0.15, 0.2) is 6.29 Å². The molecule has 57 heavy (non-hydrogen) atoms. The van der Waals surface area contributed by atoms with Crippen molar-refractivity contribution >= 4 is 17.7 Å². The second-order valence-electron chi connectivity index (χ2n) is 17.5. The second-order valence-corrected chi connectivity index (χ2v) is 17.5. The number of fused-ring (bicyclic) bond motifs is 2. The van der Waals surface area contributed by atoms with Crippen molar-refractivity contribution in [1.82, 2.24) is 15.1 Å². The van der Waals surface area contributed by atoms with Gasteiger partial charge in [-0.1, -0.05) is 105 Å². The Morgan fingerprint density at radius 1 is 0.772 bits per heavy atom. The highest BCUT2D eigenvalue weighted by Crippen LogP contribution is 2.45. The van der Waals surface area contributed by atoms with Crippen LogP contribution in [0, 0.1) is 11.8 Å². The molecule has 0 bridgehead atoms. The summed E-state index contributed by atoms with van der Waals surface area (Å²) in [6, 6.07) is 31.1. The third kappa shape index (κ3) is 8.08. The zero-order chi connectivity index (χ0) is 39.8. The molecular formula is C48H55N3O6. The molecule has 0 unspecified atom stereocenters. The maximum atomic E-state index is 13.9. The molecule has 3 amide bonds. The van der Waals surface area contributed by atoms with Crippen molar-refractivity contribution < 1.29 is 29.0 Å². The third-order valence-electron chi connectivity index (χ3n) is 12.5. The number of hydrogen-bond donors (Lipinski definition) is 2. The van der Waals surface area contributed by atoms with Crippen molar-refractivity contribution in [1.29, 1.82) is 0 Å². The fraction of sp³-hybridized carbons (Fsp3) is 0.438. The molecule has 0 aromatic heterocycles. The molecule has 3 fully saturated rings. The number of carbonyl (C=O) groups is 3. The lowest BCUT2D eigenvalue weighted by atomic mass is 9.75. The topological polar surface area (TPSA) is 108 Å². The van der Waals surface area contributed by atoms with Gasteiger partial charge in [0, 0.05) is 29.6 Å². The minimum atomic E-state index is -0.662. The highest BCUT2D eigenvalue weighted by Gasteiger charge is 2.46. The van der Waals surface area contributed by atoms with Crippen molar-refractivity contribution in [2.24, 2.45) is 11.8 Å². The zero-order valence-electron chi connectivity index (χ0n) is 33.5. The van der Waals surface area contributed by atoms with Gasteiger partial charge in [-0.25, -0.2) is 0 Å². The van der Waals surface area contributed by atoms with E-state index in [9.17, 15) is 19.5 Å². The minimum Gasteiger partial charge on any atom is -0.392 e. The summed E-state index contributed by atoms with van der Waals surface area (Å²) in [4.78, 5) is 44.2. The van der Waals surface area contributed by atoms with Gasteiger partial charge in [-0.2, -0.15) is 0 Å². The van der Waals surface area contributed by atoms with Crippen LogP contribution >= 0.6 is 0 Å². The first-order valence-electron chi connectivity index (χ1n) is 20.7. The number of aliphatic hydroxyl groups excluding tert-OH is 1. The predicted molar refractivity (Wildman–Crippen MR) is 219 cm³/mol. The lowest BCUT2D eigenvalue weighted by Gasteiger charge is -2.51. The molecule has 3 aliphatic heterocycles. The second kappa shape index (κ2) is 16.3. The van der Waals surface area contributed by atoms with E-state index in [1.54, 1.807) is 24.3 Å². The molecule has 1 saturated carbocycles. The van der Waals surface area contributed by atoms with Gasteiger partial charge in [0.25, 0.3) is 11.8 Å². The first kappa shape index (κ1) is 39.2. The summed E-state index contributed by atoms with van der Waals surface area (Å²) in [5, 5.41) is 13.1. The van der Waals surface area contributed by atoms with E-state index >= 15 is 0 Å². The maximum Gasteiger partial charge on any atom is 0.261 e. The molecule has 7 atom stereocenters. The third-order valence-corrected chi connectivity index (χ3v) is 12.5. The van der Waals surface area contributed by atoms with Gasteiger partial charge >= 0.3 is 0 Å². The van der Waals surface area contributed by atoms with E-state index in [4.69, 9.17) is 9.47 Å². The highest BCUT2D eigenvalue weighted by atomic mass is 16.7. The van der Waals surface area contributed by atoms with E-state index in [0.717, 1.165) is 52.6 Å². The van der Waals surface area contributed by atoms with Crippen LogP contribution in [0.15, 0.2) is 97.1 Å². The van der Waals surface area contributed by atoms with E-state index in [2.05, 4.69) is 17.1 Å². The SMILES string of the molecule is C[C@@H]1[C@H](CN2[C@@H](C(=O)NC(C)(C)C)CC[C@H]3CCCC[C@H]32)O[C@H](c2ccc(-c3ccccc3CN3C(=O)c4ccccc4C3=O)cc2)O[C@@H]1c1ccc(CO)cc1. The molecular weight excluding hydrogens is 715 g/mol. The summed E-state index contributed by atoms with van der Waals surface area (Å²) in [5.74, 6) is 0.100. The summed E-state index contributed by atoms with van der Waals surface area (Å²) in [7, 11) is 0. The molecule has 4 aromatic rings. The molecule has 0 radical (unpaired) electrons. The molecule has 9 heteroatoms. The van der Waals surface area contributed by atoms with Crippen molar-refractivity contribution in [2.45, 2.75) is 115 Å². The Hall–Kier alpha value is -4.67. The number of rotatable bonds is 9. The number of ether oxygens (including phenoxy) is 2. The fourth-order valence-electron chi connectivity index (χ4n) is 9.58. The number of imide groups is 1. The van der Waals surface area contributed by atoms with Crippen LogP contribution in [0.2, 0.25) is 0 Å². The number of benzene rings is 4. The number of carbonyl (C=O) groups excluding carboxylic acids is 3. The Morgan fingerprint density at radius 3 is 2.07 bits per heavy atom. The van der Waals surface area contributed by atoms with Crippen LogP contribution in [0.4, 0.5) is 0 Å². The van der Waals surface area contributed by atoms with Gasteiger partial charge < -0.3 is 19.9 Å². The number of likely N-dealkylation sites (tertiary alicyclic amines) is 1. The minimum absolute atomic E-state index is 0.0233. The van der Waals surface area contributed by atoms with Crippen molar-refractivity contribution in [3.05, 3.63) is 130 Å². The van der Waals surface area contributed by atoms with Crippen LogP contribution < -0.4 is 5.32 Å². The van der Waals surface area contributed by atoms with Crippen molar-refractivity contribution in [2.75, 3.05) is 6.54 Å². The van der Waals surface area contributed by atoms with Gasteiger partial charge in [-0.3, -0.25) is 24.2 Å². The first-order valence-corrected chi connectivity index (χ1v) is 20.7. The van der Waals surface area contributed by atoms with Gasteiger partial charge in [0.05, 0.1) is 42.5 Å². The Balaban J connectivity index is 1.07. The summed E-state index contributed by atoms with van der Waals surface area (Å²) in [5.41, 5.74) is 6.05. The van der Waals surface area contributed by atoms with Crippen LogP contribution in [-0.4, -0.2) is 62.9 Å². The molecule has 298 valence electrons. The average Bonchev–Trinajstić information content (AvgIpc) is 3.46. The number of piperidine rings is 1. The maximum absolute atomic E-state index is 13.9. The quantitative estimate of drug-likeness (QED) is 0.165. The molecule has 0 spiro atoms. The number of nitrogens with zero attached hydrogens (tertiary/aromatic N) is 2. The van der Waals surface area contributed by atoms with E-state index < -0.39 is 6.29 Å². The van der Waals surface area contributed by atoms with Gasteiger partial charge in [0.1, 0.15) is 0 Å². The molecule has 3 heterocycles. The number of nitrogens with one attached hydrogen (secondary N) is 1. The molecule has 4 aliphatic rings. The zero-order valence-corrected chi connectivity index (χ0v) is 33.5. The Labute approximate surface area is 336 Å². The van der Waals surface area contributed by atoms with E-state index in [0.29, 0.717) is 29.6 Å². The van der Waals surface area contributed by atoms with Gasteiger partial charge in [-0.15, -0.1) is 0 Å². The molecule has 2 saturated heterocycles. The summed E-state index contributed by atoms with van der Waals surface area (Å²) >= 11 is 0. The number of aliphatic hydroxyl groups is 1. The van der Waals surface area contributed by atoms with Crippen LogP contribution in [0.1, 0.15) is 122 Å². The smallest absolute Gasteiger partial charge is 0.261 e.